The third-order valence-corrected chi connectivity index (χ3v) is 4.97. The lowest BCUT2D eigenvalue weighted by Crippen LogP contribution is -2.41. The summed E-state index contributed by atoms with van der Waals surface area (Å²) >= 11 is 2.19. The van der Waals surface area contributed by atoms with Gasteiger partial charge in [-0.1, -0.05) is 0 Å². The maximum absolute atomic E-state index is 12.6. The summed E-state index contributed by atoms with van der Waals surface area (Å²) in [7, 11) is 0. The van der Waals surface area contributed by atoms with Crippen LogP contribution in [0, 0.1) is 6.92 Å². The molecule has 7 nitrogen and oxygen atoms in total. The van der Waals surface area contributed by atoms with E-state index in [2.05, 4.69) is 30.9 Å². The first-order valence-corrected chi connectivity index (χ1v) is 9.79. The molecule has 148 valence electrons. The summed E-state index contributed by atoms with van der Waals surface area (Å²) in [4.78, 5) is 24.3. The lowest BCUT2D eigenvalue weighted by Gasteiger charge is -2.11. The number of alkyl halides is 3. The maximum atomic E-state index is 12.6. The first-order valence-electron chi connectivity index (χ1n) is 8.03. The highest BCUT2D eigenvalue weighted by atomic mass is 32.1. The highest BCUT2D eigenvalue weighted by Gasteiger charge is 2.33. The van der Waals surface area contributed by atoms with E-state index in [-0.39, 0.29) is 17.5 Å². The first-order chi connectivity index (χ1) is 12.8. The average molecular weight is 420 g/mol. The molecule has 0 aliphatic carbocycles. The van der Waals surface area contributed by atoms with Gasteiger partial charge in [-0.25, -0.2) is 15.0 Å². The van der Waals surface area contributed by atoms with Crippen molar-refractivity contribution < 1.29 is 18.0 Å². The normalized spacial score (nSPS) is 12.1. The topological polar surface area (TPSA) is 91.3 Å². The minimum atomic E-state index is -4.45. The van der Waals surface area contributed by atoms with E-state index in [1.807, 2.05) is 6.92 Å². The highest BCUT2D eigenvalue weighted by molar-refractivity contribution is 7.11. The number of halogens is 3. The van der Waals surface area contributed by atoms with Crippen LogP contribution < -0.4 is 16.0 Å². The number of aromatic nitrogens is 2. The van der Waals surface area contributed by atoms with E-state index in [1.165, 1.54) is 11.3 Å². The molecule has 1 amide bonds. The van der Waals surface area contributed by atoms with E-state index in [1.54, 1.807) is 12.4 Å². The van der Waals surface area contributed by atoms with E-state index in [9.17, 15) is 18.0 Å². The Bertz CT molecular complexity index is 787. The van der Waals surface area contributed by atoms with E-state index >= 15 is 0 Å². The third-order valence-electron chi connectivity index (χ3n) is 3.21. The second-order valence-electron chi connectivity index (χ2n) is 5.27. The Morgan fingerprint density at radius 2 is 1.96 bits per heavy atom. The molecule has 2 heterocycles. The number of aryl methyl sites for hydroxylation is 1. The number of amides is 1. The number of guanidine groups is 1. The van der Waals surface area contributed by atoms with Gasteiger partial charge in [-0.3, -0.25) is 4.79 Å². The zero-order valence-electron chi connectivity index (χ0n) is 14.7. The number of rotatable bonds is 7. The summed E-state index contributed by atoms with van der Waals surface area (Å²) in [5, 5.41) is 10.0. The minimum Gasteiger partial charge on any atom is -0.357 e. The standard InChI is InChI=1S/C15H19F3N6OS2/c1-3-19-14(22-6-11-24-10(7-26-11)15(16,17)18)21-5-4-20-13(25)12-9(2)23-8-27-12/h7-8H,3-6H2,1-2H3,(H,20,25)(H2,19,21,22). The molecule has 0 saturated heterocycles. The number of carbonyl (C=O) groups is 1. The van der Waals surface area contributed by atoms with Crippen LogP contribution in [0.4, 0.5) is 13.2 Å². The van der Waals surface area contributed by atoms with E-state index < -0.39 is 11.9 Å². The molecule has 2 rings (SSSR count). The smallest absolute Gasteiger partial charge is 0.357 e. The van der Waals surface area contributed by atoms with Crippen molar-refractivity contribution in [2.24, 2.45) is 4.99 Å². The Hall–Kier alpha value is -2.21. The molecule has 12 heteroatoms. The van der Waals surface area contributed by atoms with Gasteiger partial charge >= 0.3 is 6.18 Å². The van der Waals surface area contributed by atoms with Crippen molar-refractivity contribution in [3.05, 3.63) is 32.2 Å². The Balaban J connectivity index is 1.82. The summed E-state index contributed by atoms with van der Waals surface area (Å²) in [6, 6.07) is 0. The number of nitrogens with one attached hydrogen (secondary N) is 3. The fourth-order valence-corrected chi connectivity index (χ4v) is 3.40. The highest BCUT2D eigenvalue weighted by Crippen LogP contribution is 2.30. The zero-order chi connectivity index (χ0) is 19.9. The molecule has 0 atom stereocenters. The monoisotopic (exact) mass is 420 g/mol. The van der Waals surface area contributed by atoms with Crippen molar-refractivity contribution in [1.29, 1.82) is 0 Å². The molecule has 0 aliphatic rings. The molecule has 0 fully saturated rings. The molecular weight excluding hydrogens is 401 g/mol. The van der Waals surface area contributed by atoms with Crippen molar-refractivity contribution in [2.45, 2.75) is 26.6 Å². The van der Waals surface area contributed by atoms with Crippen LogP contribution in [0.25, 0.3) is 0 Å². The fraction of sp³-hybridized carbons (Fsp3) is 0.467. The maximum Gasteiger partial charge on any atom is 0.434 e. The predicted molar refractivity (Wildman–Crippen MR) is 99.1 cm³/mol. The van der Waals surface area contributed by atoms with Gasteiger partial charge in [-0.15, -0.1) is 22.7 Å². The first kappa shape index (κ1) is 21.1. The average Bonchev–Trinajstić information content (AvgIpc) is 3.24. The quantitative estimate of drug-likeness (QED) is 0.364. The summed E-state index contributed by atoms with van der Waals surface area (Å²) in [6.45, 7) is 5.02. The molecule has 0 aliphatic heterocycles. The second kappa shape index (κ2) is 9.65. The number of thiazole rings is 2. The minimum absolute atomic E-state index is 0.0303. The van der Waals surface area contributed by atoms with Crippen LogP contribution in [0.5, 0.6) is 0 Å². The van der Waals surface area contributed by atoms with Crippen LogP contribution in [0.2, 0.25) is 0 Å². The number of hydrogen-bond donors (Lipinski definition) is 3. The molecule has 0 aromatic carbocycles. The van der Waals surface area contributed by atoms with Gasteiger partial charge in [-0.05, 0) is 13.8 Å². The summed E-state index contributed by atoms with van der Waals surface area (Å²) in [5.41, 5.74) is 1.39. The van der Waals surface area contributed by atoms with Crippen LogP contribution in [0.3, 0.4) is 0 Å². The van der Waals surface area contributed by atoms with Crippen LogP contribution in [0.15, 0.2) is 15.9 Å². The summed E-state index contributed by atoms with van der Waals surface area (Å²) in [5.74, 6) is 0.241. The fourth-order valence-electron chi connectivity index (χ4n) is 1.96. The van der Waals surface area contributed by atoms with Crippen molar-refractivity contribution >= 4 is 34.5 Å². The van der Waals surface area contributed by atoms with Gasteiger partial charge in [0.2, 0.25) is 0 Å². The van der Waals surface area contributed by atoms with Crippen molar-refractivity contribution in [1.82, 2.24) is 25.9 Å². The third kappa shape index (κ3) is 6.47. The second-order valence-corrected chi connectivity index (χ2v) is 7.07. The van der Waals surface area contributed by atoms with E-state index in [0.29, 0.717) is 36.2 Å². The van der Waals surface area contributed by atoms with Gasteiger partial charge in [-0.2, -0.15) is 13.2 Å². The molecular formula is C15H19F3N6OS2. The summed E-state index contributed by atoms with van der Waals surface area (Å²) < 4.78 is 37.7. The lowest BCUT2D eigenvalue weighted by atomic mass is 10.4. The van der Waals surface area contributed by atoms with Gasteiger partial charge in [0, 0.05) is 25.0 Å². The number of carbonyl (C=O) groups excluding carboxylic acids is 1. The molecule has 3 N–H and O–H groups in total. The van der Waals surface area contributed by atoms with Gasteiger partial charge in [0.15, 0.2) is 11.7 Å². The van der Waals surface area contributed by atoms with E-state index in [4.69, 9.17) is 0 Å². The van der Waals surface area contributed by atoms with Gasteiger partial charge in [0.1, 0.15) is 9.88 Å². The Morgan fingerprint density at radius 3 is 2.56 bits per heavy atom. The van der Waals surface area contributed by atoms with Crippen molar-refractivity contribution in [2.75, 3.05) is 19.6 Å². The van der Waals surface area contributed by atoms with Crippen LogP contribution in [0.1, 0.15) is 33.0 Å². The molecule has 2 aromatic rings. The Morgan fingerprint density at radius 1 is 1.22 bits per heavy atom. The number of nitrogens with zero attached hydrogens (tertiary/aromatic N) is 3. The molecule has 0 radical (unpaired) electrons. The van der Waals surface area contributed by atoms with Crippen molar-refractivity contribution in [3.8, 4) is 0 Å². The zero-order valence-corrected chi connectivity index (χ0v) is 16.3. The van der Waals surface area contributed by atoms with Gasteiger partial charge in [0.25, 0.3) is 5.91 Å². The molecule has 0 bridgehead atoms. The molecule has 2 aromatic heterocycles. The SMILES string of the molecule is CCNC(=NCc1nc(C(F)(F)F)cs1)NCCNC(=O)c1scnc1C. The molecule has 0 saturated carbocycles. The largest absolute Gasteiger partial charge is 0.434 e. The van der Waals surface area contributed by atoms with Crippen LogP contribution in [-0.4, -0.2) is 41.5 Å². The Labute approximate surface area is 162 Å². The van der Waals surface area contributed by atoms with Crippen LogP contribution >= 0.6 is 22.7 Å². The predicted octanol–water partition coefficient (Wildman–Crippen LogP) is 2.41. The Kier molecular flexibility index (Phi) is 7.54. The number of aliphatic imine (C=N–C) groups is 1. The molecule has 27 heavy (non-hydrogen) atoms. The van der Waals surface area contributed by atoms with Gasteiger partial charge in [0.05, 0.1) is 17.7 Å². The number of hydrogen-bond acceptors (Lipinski definition) is 6. The lowest BCUT2D eigenvalue weighted by molar-refractivity contribution is -0.140. The summed E-state index contributed by atoms with van der Waals surface area (Å²) in [6.07, 6.45) is -4.45. The van der Waals surface area contributed by atoms with Crippen LogP contribution in [-0.2, 0) is 12.7 Å². The molecule has 0 spiro atoms. The van der Waals surface area contributed by atoms with E-state index in [0.717, 1.165) is 16.7 Å². The van der Waals surface area contributed by atoms with Crippen molar-refractivity contribution in [3.63, 3.8) is 0 Å². The molecule has 0 unspecified atom stereocenters. The van der Waals surface area contributed by atoms with Gasteiger partial charge < -0.3 is 16.0 Å².